The van der Waals surface area contributed by atoms with Gasteiger partial charge < -0.3 is 24.9 Å². The molecule has 4 amide bonds. The van der Waals surface area contributed by atoms with E-state index in [2.05, 4.69) is 10.2 Å². The van der Waals surface area contributed by atoms with E-state index in [0.29, 0.717) is 39.0 Å². The number of carbonyl (C=O) groups is 4. The van der Waals surface area contributed by atoms with Crippen LogP contribution in [0.2, 0.25) is 0 Å². The zero-order chi connectivity index (χ0) is 29.4. The van der Waals surface area contributed by atoms with Crippen LogP contribution in [-0.4, -0.2) is 133 Å². The molecule has 12 nitrogen and oxygen atoms in total. The topological polar surface area (TPSA) is 140 Å². The van der Waals surface area contributed by atoms with Crippen molar-refractivity contribution in [3.8, 4) is 0 Å². The second kappa shape index (κ2) is 12.0. The zero-order valence-electron chi connectivity index (χ0n) is 23.9. The molecule has 0 atom stereocenters. The molecule has 0 unspecified atom stereocenters. The second-order valence-electron chi connectivity index (χ2n) is 12.0. The fraction of sp³-hybridized carbons (Fsp3) is 0.741. The molecule has 41 heavy (non-hydrogen) atoms. The number of aryl methyl sites for hydroxylation is 1. The Labute approximate surface area is 245 Å². The summed E-state index contributed by atoms with van der Waals surface area (Å²) in [5.41, 5.74) is -0.0360. The number of nitrogens with zero attached hydrogens (tertiary/aromatic N) is 5. The Bertz CT molecular complexity index is 1280. The monoisotopic (exact) mass is 608 g/mol. The number of carbonyl (C=O) groups excluding carboxylic acids is 4. The number of amides is 4. The third-order valence-electron chi connectivity index (χ3n) is 8.97. The van der Waals surface area contributed by atoms with E-state index in [1.165, 1.54) is 9.80 Å². The Morgan fingerprint density at radius 2 is 1.68 bits per heavy atom. The van der Waals surface area contributed by atoms with Crippen LogP contribution in [0.3, 0.4) is 0 Å². The number of fused-ring (bicyclic) bond motifs is 8. The summed E-state index contributed by atoms with van der Waals surface area (Å²) < 4.78 is 23.7. The first kappa shape index (κ1) is 29.9. The molecule has 6 rings (SSSR count). The van der Waals surface area contributed by atoms with Crippen molar-refractivity contribution in [3.05, 3.63) is 15.6 Å². The molecule has 1 aromatic rings. The second-order valence-corrected chi connectivity index (χ2v) is 15.5. The van der Waals surface area contributed by atoms with Gasteiger partial charge in [0.15, 0.2) is 9.84 Å². The van der Waals surface area contributed by atoms with E-state index in [4.69, 9.17) is 4.98 Å². The van der Waals surface area contributed by atoms with Crippen LogP contribution in [0.5, 0.6) is 0 Å². The van der Waals surface area contributed by atoms with E-state index in [9.17, 15) is 27.6 Å². The summed E-state index contributed by atoms with van der Waals surface area (Å²) in [4.78, 5) is 66.5. The predicted molar refractivity (Wildman–Crippen MR) is 153 cm³/mol. The molecule has 4 bridgehead atoms. The molecule has 226 valence electrons. The highest BCUT2D eigenvalue weighted by Crippen LogP contribution is 2.33. The van der Waals surface area contributed by atoms with Gasteiger partial charge in [-0.15, -0.1) is 11.3 Å². The SMILES string of the molecule is Cc1sc2nc1CC(=O)NC1(CCN(C)CC1)CC(=O)N(CC(=O)N1CCS(=O)(=O)CC1)CC(=O)N1CCC2CC1. The Hall–Kier alpha value is -2.58. The number of piperidine rings is 2. The standard InChI is InChI=1S/C27H40N6O6S2/c1-19-21-15-22(34)29-27(5-9-30(2)10-6-27)16-23(35)33(18-25(37)32-11-13-41(38,39)14-12-32)17-24(36)31-7-3-20(4-8-31)26(28-21)40-19/h20H,3-18H2,1-2H3,(H,29,34). The van der Waals surface area contributed by atoms with Crippen LogP contribution in [0.25, 0.3) is 0 Å². The fourth-order valence-electron chi connectivity index (χ4n) is 6.17. The van der Waals surface area contributed by atoms with Crippen molar-refractivity contribution in [2.75, 3.05) is 70.9 Å². The van der Waals surface area contributed by atoms with Gasteiger partial charge in [-0.25, -0.2) is 13.4 Å². The lowest BCUT2D eigenvalue weighted by Gasteiger charge is -2.42. The lowest BCUT2D eigenvalue weighted by atomic mass is 9.83. The average Bonchev–Trinajstić information content (AvgIpc) is 3.29. The molecule has 0 aliphatic carbocycles. The van der Waals surface area contributed by atoms with Crippen LogP contribution in [-0.2, 0) is 35.4 Å². The Balaban J connectivity index is 1.41. The van der Waals surface area contributed by atoms with Gasteiger partial charge in [0.05, 0.1) is 40.6 Å². The summed E-state index contributed by atoms with van der Waals surface area (Å²) in [7, 11) is -1.18. The molecule has 6 heterocycles. The van der Waals surface area contributed by atoms with E-state index < -0.39 is 15.4 Å². The zero-order valence-corrected chi connectivity index (χ0v) is 25.5. The Morgan fingerprint density at radius 3 is 2.34 bits per heavy atom. The summed E-state index contributed by atoms with van der Waals surface area (Å²) >= 11 is 1.62. The maximum atomic E-state index is 13.9. The smallest absolute Gasteiger partial charge is 0.242 e. The van der Waals surface area contributed by atoms with Gasteiger partial charge in [-0.3, -0.25) is 19.2 Å². The lowest BCUT2D eigenvalue weighted by molar-refractivity contribution is -0.146. The molecular weight excluding hydrogens is 568 g/mol. The van der Waals surface area contributed by atoms with Gasteiger partial charge >= 0.3 is 0 Å². The minimum absolute atomic E-state index is 0.0229. The molecule has 3 saturated heterocycles. The predicted octanol–water partition coefficient (Wildman–Crippen LogP) is -0.230. The Morgan fingerprint density at radius 1 is 1.02 bits per heavy atom. The van der Waals surface area contributed by atoms with Crippen LogP contribution in [0.15, 0.2) is 0 Å². The van der Waals surface area contributed by atoms with Crippen molar-refractivity contribution < 1.29 is 27.6 Å². The molecule has 5 aliphatic heterocycles. The molecule has 0 radical (unpaired) electrons. The number of likely N-dealkylation sites (tertiary alicyclic amines) is 1. The highest BCUT2D eigenvalue weighted by atomic mass is 32.2. The number of rotatable bonds is 2. The Kier molecular flexibility index (Phi) is 8.72. The van der Waals surface area contributed by atoms with Crippen molar-refractivity contribution >= 4 is 44.8 Å². The van der Waals surface area contributed by atoms with Gasteiger partial charge in [-0.2, -0.15) is 0 Å². The van der Waals surface area contributed by atoms with Gasteiger partial charge in [-0.05, 0) is 39.7 Å². The third kappa shape index (κ3) is 7.08. The highest BCUT2D eigenvalue weighted by Gasteiger charge is 2.40. The number of hydrogen-bond acceptors (Lipinski definition) is 9. The summed E-state index contributed by atoms with van der Waals surface area (Å²) in [6.07, 6.45) is 2.75. The molecule has 1 aromatic heterocycles. The van der Waals surface area contributed by atoms with Crippen molar-refractivity contribution in [3.63, 3.8) is 0 Å². The third-order valence-corrected chi connectivity index (χ3v) is 11.8. The van der Waals surface area contributed by atoms with Crippen LogP contribution >= 0.6 is 11.3 Å². The number of aromatic nitrogens is 1. The maximum absolute atomic E-state index is 13.9. The summed E-state index contributed by atoms with van der Waals surface area (Å²) in [6, 6.07) is 0. The van der Waals surface area contributed by atoms with E-state index in [1.807, 2.05) is 14.0 Å². The van der Waals surface area contributed by atoms with E-state index in [-0.39, 0.29) is 80.1 Å². The van der Waals surface area contributed by atoms with Gasteiger partial charge in [-0.1, -0.05) is 0 Å². The number of hydrogen-bond donors (Lipinski definition) is 1. The first-order valence-corrected chi connectivity index (χ1v) is 17.1. The van der Waals surface area contributed by atoms with Crippen LogP contribution in [0, 0.1) is 6.92 Å². The van der Waals surface area contributed by atoms with Crippen molar-refractivity contribution in [1.29, 1.82) is 0 Å². The van der Waals surface area contributed by atoms with Crippen LogP contribution in [0.4, 0.5) is 0 Å². The van der Waals surface area contributed by atoms with Gasteiger partial charge in [0.1, 0.15) is 13.1 Å². The largest absolute Gasteiger partial charge is 0.350 e. The average molecular weight is 609 g/mol. The van der Waals surface area contributed by atoms with Crippen molar-refractivity contribution in [2.24, 2.45) is 0 Å². The summed E-state index contributed by atoms with van der Waals surface area (Å²) in [6.45, 7) is 4.07. The molecule has 14 heteroatoms. The molecule has 5 aliphatic rings. The van der Waals surface area contributed by atoms with Crippen molar-refractivity contribution in [1.82, 2.24) is 29.9 Å². The molecule has 0 aromatic carbocycles. The van der Waals surface area contributed by atoms with Gasteiger partial charge in [0.25, 0.3) is 0 Å². The van der Waals surface area contributed by atoms with E-state index >= 15 is 0 Å². The van der Waals surface area contributed by atoms with Crippen molar-refractivity contribution in [2.45, 2.75) is 56.9 Å². The molecule has 0 saturated carbocycles. The number of sulfone groups is 1. The number of nitrogens with one attached hydrogen (secondary N) is 1. The minimum atomic E-state index is -3.17. The normalized spacial score (nSPS) is 24.6. The number of thiazole rings is 1. The van der Waals surface area contributed by atoms with Crippen LogP contribution in [0.1, 0.15) is 53.6 Å². The minimum Gasteiger partial charge on any atom is -0.350 e. The highest BCUT2D eigenvalue weighted by molar-refractivity contribution is 7.91. The maximum Gasteiger partial charge on any atom is 0.242 e. The molecule has 1 spiro atoms. The molecule has 1 N–H and O–H groups in total. The van der Waals surface area contributed by atoms with E-state index in [1.54, 1.807) is 16.2 Å². The molecule has 3 fully saturated rings. The van der Waals surface area contributed by atoms with Gasteiger partial charge in [0, 0.05) is 50.1 Å². The summed E-state index contributed by atoms with van der Waals surface area (Å²) in [5, 5.41) is 4.18. The first-order chi connectivity index (χ1) is 19.4. The quantitative estimate of drug-likeness (QED) is 0.486. The van der Waals surface area contributed by atoms with Crippen LogP contribution < -0.4 is 5.32 Å². The summed E-state index contributed by atoms with van der Waals surface area (Å²) in [5.74, 6) is -1.14. The molecular formula is C27H40N6O6S2. The van der Waals surface area contributed by atoms with Gasteiger partial charge in [0.2, 0.25) is 23.6 Å². The van der Waals surface area contributed by atoms with E-state index in [0.717, 1.165) is 28.4 Å². The lowest BCUT2D eigenvalue weighted by Crippen LogP contribution is -2.58. The fourth-order valence-corrected chi connectivity index (χ4v) is 8.48. The first-order valence-electron chi connectivity index (χ1n) is 14.4.